The van der Waals surface area contributed by atoms with Gasteiger partial charge in [0.25, 0.3) is 0 Å². The molecule has 1 aromatic carbocycles. The third-order valence-corrected chi connectivity index (χ3v) is 20.3. The van der Waals surface area contributed by atoms with E-state index in [4.69, 9.17) is 0 Å². The van der Waals surface area contributed by atoms with Gasteiger partial charge in [0.05, 0.1) is 0 Å². The standard InChI is InChI=1S/C9H7.C8H11.C3H6.Zr/c1-2-5-9-7-3-6-8(9)4-1;1-7(2)8-5-3-4-6-8;1-3-2;/h1-7H;5-7H,3H2,1-2H3;3H,1H2,2H3;. The summed E-state index contributed by atoms with van der Waals surface area (Å²) in [4.78, 5) is 0. The molecular formula is C20H24Zr. The first-order chi connectivity index (χ1) is 10.1. The first-order valence-electron chi connectivity index (χ1n) is 8.31. The minimum atomic E-state index is -2.18. The molecule has 3 aliphatic rings. The molecule has 1 saturated heterocycles. The summed E-state index contributed by atoms with van der Waals surface area (Å²) in [6.07, 6.45) is 11.3. The van der Waals surface area contributed by atoms with Gasteiger partial charge in [0.1, 0.15) is 0 Å². The predicted octanol–water partition coefficient (Wildman–Crippen LogP) is 6.02. The molecule has 0 aromatic heterocycles. The van der Waals surface area contributed by atoms with Crippen molar-refractivity contribution in [3.05, 3.63) is 62.5 Å². The van der Waals surface area contributed by atoms with Gasteiger partial charge in [0.15, 0.2) is 0 Å². The van der Waals surface area contributed by atoms with Crippen molar-refractivity contribution in [2.45, 2.75) is 38.6 Å². The maximum atomic E-state index is 2.61. The fourth-order valence-corrected chi connectivity index (χ4v) is 20.6. The molecule has 3 unspecified atom stereocenters. The average Bonchev–Trinajstić information content (AvgIpc) is 2.91. The number of allylic oxidation sites excluding steroid dienone is 5. The number of rotatable bonds is 3. The van der Waals surface area contributed by atoms with Crippen LogP contribution in [0.4, 0.5) is 0 Å². The number of fused-ring (bicyclic) bond motifs is 1. The molecule has 0 bridgehead atoms. The number of hydrogen-bond donors (Lipinski definition) is 0. The molecule has 1 aromatic rings. The second-order valence-electron chi connectivity index (χ2n) is 7.34. The minimum absolute atomic E-state index is 0.686. The van der Waals surface area contributed by atoms with Gasteiger partial charge in [-0.25, -0.2) is 0 Å². The molecule has 21 heavy (non-hydrogen) atoms. The summed E-state index contributed by atoms with van der Waals surface area (Å²) in [5.41, 5.74) is 4.71. The Morgan fingerprint density at radius 3 is 2.62 bits per heavy atom. The van der Waals surface area contributed by atoms with Crippen LogP contribution in [0, 0.1) is 5.92 Å². The van der Waals surface area contributed by atoms with Crippen molar-refractivity contribution in [2.24, 2.45) is 5.92 Å². The van der Waals surface area contributed by atoms with Crippen LogP contribution in [0.3, 0.4) is 0 Å². The zero-order chi connectivity index (χ0) is 14.6. The zero-order valence-electron chi connectivity index (χ0n) is 13.3. The average molecular weight is 356 g/mol. The molecule has 1 heteroatoms. The predicted molar refractivity (Wildman–Crippen MR) is 88.1 cm³/mol. The van der Waals surface area contributed by atoms with E-state index in [1.165, 1.54) is 12.0 Å². The van der Waals surface area contributed by atoms with E-state index in [0.29, 0.717) is 5.92 Å². The molecule has 4 rings (SSSR count). The summed E-state index contributed by atoms with van der Waals surface area (Å²) in [6, 6.07) is 9.08. The molecule has 0 saturated carbocycles. The SMILES string of the molecule is CC(C)C1=CC[C]([Zr]2([CH]3C=Cc4ccccc43)[CH2][CH]2C)=C1. The van der Waals surface area contributed by atoms with E-state index in [-0.39, 0.29) is 0 Å². The van der Waals surface area contributed by atoms with Crippen LogP contribution in [-0.4, -0.2) is 0 Å². The Labute approximate surface area is 133 Å². The summed E-state index contributed by atoms with van der Waals surface area (Å²) < 4.78 is 5.28. The van der Waals surface area contributed by atoms with Gasteiger partial charge in [0, 0.05) is 0 Å². The fourth-order valence-electron chi connectivity index (χ4n) is 4.50. The van der Waals surface area contributed by atoms with Crippen LogP contribution in [0.25, 0.3) is 6.08 Å². The van der Waals surface area contributed by atoms with E-state index < -0.39 is 20.3 Å². The third kappa shape index (κ3) is 2.04. The molecule has 1 heterocycles. The van der Waals surface area contributed by atoms with Gasteiger partial charge in [0.2, 0.25) is 0 Å². The molecule has 1 fully saturated rings. The molecule has 108 valence electrons. The summed E-state index contributed by atoms with van der Waals surface area (Å²) in [5, 5.41) is 0. The Kier molecular flexibility index (Phi) is 3.27. The number of benzene rings is 1. The summed E-state index contributed by atoms with van der Waals surface area (Å²) in [5.74, 6) is 0.686. The van der Waals surface area contributed by atoms with Crippen molar-refractivity contribution in [2.75, 3.05) is 0 Å². The second kappa shape index (κ2) is 4.92. The van der Waals surface area contributed by atoms with E-state index in [9.17, 15) is 0 Å². The topological polar surface area (TPSA) is 0 Å². The summed E-state index contributed by atoms with van der Waals surface area (Å²) in [7, 11) is 0. The Hall–Kier alpha value is -0.677. The first-order valence-corrected chi connectivity index (χ1v) is 14.1. The maximum absolute atomic E-state index is 2.61. The molecule has 0 amide bonds. The molecule has 0 radical (unpaired) electrons. The summed E-state index contributed by atoms with van der Waals surface area (Å²) >= 11 is -2.18. The van der Waals surface area contributed by atoms with E-state index >= 15 is 0 Å². The fraction of sp³-hybridized carbons (Fsp3) is 0.400. The van der Waals surface area contributed by atoms with Gasteiger partial charge >= 0.3 is 133 Å². The Bertz CT molecular complexity index is 677. The molecule has 1 aliphatic heterocycles. The van der Waals surface area contributed by atoms with Crippen LogP contribution < -0.4 is 0 Å². The molecule has 0 spiro atoms. The van der Waals surface area contributed by atoms with Gasteiger partial charge in [-0.15, -0.1) is 0 Å². The quantitative estimate of drug-likeness (QED) is 0.622. The van der Waals surface area contributed by atoms with Crippen LogP contribution in [-0.2, 0) is 20.3 Å². The van der Waals surface area contributed by atoms with Gasteiger partial charge in [-0.3, -0.25) is 0 Å². The van der Waals surface area contributed by atoms with Gasteiger partial charge in [-0.2, -0.15) is 0 Å². The molecule has 0 nitrogen and oxygen atoms in total. The Balaban J connectivity index is 1.71. The first kappa shape index (κ1) is 13.9. The molecule has 0 N–H and O–H groups in total. The molecule has 2 aliphatic carbocycles. The second-order valence-corrected chi connectivity index (χ2v) is 19.0. The van der Waals surface area contributed by atoms with Gasteiger partial charge in [-0.1, -0.05) is 0 Å². The van der Waals surface area contributed by atoms with E-state index in [1.807, 2.05) is 3.28 Å². The van der Waals surface area contributed by atoms with E-state index in [2.05, 4.69) is 69.3 Å². The Morgan fingerprint density at radius 1 is 1.19 bits per heavy atom. The van der Waals surface area contributed by atoms with Gasteiger partial charge < -0.3 is 0 Å². The van der Waals surface area contributed by atoms with Crippen LogP contribution in [0.2, 0.25) is 7.75 Å². The third-order valence-electron chi connectivity index (χ3n) is 5.88. The molecule has 3 atom stereocenters. The van der Waals surface area contributed by atoms with E-state index in [0.717, 1.165) is 7.25 Å². The van der Waals surface area contributed by atoms with Gasteiger partial charge in [-0.05, 0) is 0 Å². The molecular weight excluding hydrogens is 331 g/mol. The Morgan fingerprint density at radius 2 is 1.95 bits per heavy atom. The van der Waals surface area contributed by atoms with Crippen molar-refractivity contribution in [3.8, 4) is 0 Å². The monoisotopic (exact) mass is 354 g/mol. The van der Waals surface area contributed by atoms with Crippen LogP contribution >= 0.6 is 0 Å². The van der Waals surface area contributed by atoms with Crippen LogP contribution in [0.15, 0.2) is 51.3 Å². The summed E-state index contributed by atoms with van der Waals surface area (Å²) in [6.45, 7) is 7.18. The number of hydrogen-bond acceptors (Lipinski definition) is 0. The van der Waals surface area contributed by atoms with E-state index in [1.54, 1.807) is 15.3 Å². The zero-order valence-corrected chi connectivity index (χ0v) is 15.7. The van der Waals surface area contributed by atoms with Crippen molar-refractivity contribution < 1.29 is 20.3 Å². The normalized spacial score (nSPS) is 33.1. The van der Waals surface area contributed by atoms with Crippen LogP contribution in [0.5, 0.6) is 0 Å². The van der Waals surface area contributed by atoms with Crippen LogP contribution in [0.1, 0.15) is 41.9 Å². The van der Waals surface area contributed by atoms with Crippen molar-refractivity contribution in [1.82, 2.24) is 0 Å². The van der Waals surface area contributed by atoms with Crippen molar-refractivity contribution in [1.29, 1.82) is 0 Å². The van der Waals surface area contributed by atoms with Crippen molar-refractivity contribution >= 4 is 6.08 Å². The van der Waals surface area contributed by atoms with Crippen molar-refractivity contribution in [3.63, 3.8) is 0 Å².